The maximum absolute atomic E-state index is 14.0. The molecule has 2 amide bonds. The zero-order chi connectivity index (χ0) is 15.6. The Morgan fingerprint density at radius 2 is 1.70 bits per heavy atom. The van der Waals surface area contributed by atoms with Crippen LogP contribution in [0.2, 0.25) is 0 Å². The highest BCUT2D eigenvalue weighted by atomic mass is 19.3. The highest BCUT2D eigenvalue weighted by molar-refractivity contribution is 5.64. The van der Waals surface area contributed by atoms with E-state index in [0.717, 1.165) is 0 Å². The van der Waals surface area contributed by atoms with E-state index >= 15 is 0 Å². The van der Waals surface area contributed by atoms with Gasteiger partial charge in [-0.3, -0.25) is 0 Å². The third kappa shape index (κ3) is 6.50. The molecule has 1 unspecified atom stereocenters. The van der Waals surface area contributed by atoms with Gasteiger partial charge in [0.2, 0.25) is 0 Å². The van der Waals surface area contributed by atoms with Crippen molar-refractivity contribution in [1.29, 1.82) is 0 Å². The van der Waals surface area contributed by atoms with Gasteiger partial charge in [0.15, 0.2) is 5.67 Å². The fourth-order valence-corrected chi connectivity index (χ4v) is 1.14. The van der Waals surface area contributed by atoms with Gasteiger partial charge in [-0.25, -0.2) is 18.9 Å². The number of rotatable bonds is 4. The quantitative estimate of drug-likeness (QED) is 0.760. The van der Waals surface area contributed by atoms with E-state index in [9.17, 15) is 13.7 Å². The molecule has 0 aliphatic heterocycles. The molecule has 0 heterocycles. The largest absolute Gasteiger partial charge is 0.446 e. The molecule has 0 fully saturated rings. The standard InChI is InChI=1S/C10H12FNO3.CH2FNO2/c11-10(6-13,7-15-9(12)14)8-4-2-1-3-5-8;2-5-1(3)4/h1-5,13H,6-7H2,(H2,12,14);(H2,3,4). The van der Waals surface area contributed by atoms with E-state index in [0.29, 0.717) is 0 Å². The van der Waals surface area contributed by atoms with Crippen LogP contribution in [0.15, 0.2) is 30.3 Å². The first-order valence-corrected chi connectivity index (χ1v) is 5.21. The Kier molecular flexibility index (Phi) is 7.60. The molecular weight excluding hydrogens is 278 g/mol. The summed E-state index contributed by atoms with van der Waals surface area (Å²) in [6, 6.07) is 7.98. The van der Waals surface area contributed by atoms with Crippen LogP contribution in [0, 0.1) is 0 Å². The average molecular weight is 292 g/mol. The zero-order valence-electron chi connectivity index (χ0n) is 10.3. The summed E-state index contributed by atoms with van der Waals surface area (Å²) in [5, 5.41) is 8.94. The van der Waals surface area contributed by atoms with Crippen LogP contribution in [0.1, 0.15) is 5.56 Å². The molecule has 9 heteroatoms. The summed E-state index contributed by atoms with van der Waals surface area (Å²) in [6.45, 7) is -1.37. The number of carbonyl (C=O) groups is 2. The molecule has 7 nitrogen and oxygen atoms in total. The predicted molar refractivity (Wildman–Crippen MR) is 63.6 cm³/mol. The molecule has 0 saturated heterocycles. The molecular formula is C11H14F2N2O5. The second-order valence-electron chi connectivity index (χ2n) is 3.49. The van der Waals surface area contributed by atoms with Gasteiger partial charge >= 0.3 is 12.2 Å². The number of primary amides is 2. The molecule has 20 heavy (non-hydrogen) atoms. The molecule has 0 spiro atoms. The highest BCUT2D eigenvalue weighted by Gasteiger charge is 2.32. The minimum absolute atomic E-state index is 0.244. The van der Waals surface area contributed by atoms with Crippen molar-refractivity contribution in [2.45, 2.75) is 5.67 Å². The van der Waals surface area contributed by atoms with Crippen LogP contribution in [-0.2, 0) is 15.3 Å². The molecule has 1 rings (SSSR count). The number of alkyl halides is 1. The molecule has 1 aromatic rings. The Balaban J connectivity index is 0.000000621. The van der Waals surface area contributed by atoms with Crippen molar-refractivity contribution >= 4 is 12.2 Å². The van der Waals surface area contributed by atoms with E-state index in [4.69, 9.17) is 15.6 Å². The molecule has 0 bridgehead atoms. The van der Waals surface area contributed by atoms with Crippen LogP contribution < -0.4 is 11.5 Å². The molecule has 1 atom stereocenters. The van der Waals surface area contributed by atoms with Crippen LogP contribution in [0.4, 0.5) is 18.5 Å². The van der Waals surface area contributed by atoms with Crippen molar-refractivity contribution in [3.05, 3.63) is 35.9 Å². The minimum Gasteiger partial charge on any atom is -0.446 e. The maximum atomic E-state index is 14.0. The number of amides is 2. The van der Waals surface area contributed by atoms with E-state index in [1.54, 1.807) is 18.2 Å². The summed E-state index contributed by atoms with van der Waals surface area (Å²) in [6.07, 6.45) is -2.48. The topological polar surface area (TPSA) is 125 Å². The Morgan fingerprint density at radius 1 is 1.20 bits per heavy atom. The molecule has 0 aromatic heterocycles. The lowest BCUT2D eigenvalue weighted by atomic mass is 9.98. The number of ether oxygens (including phenoxy) is 1. The smallest absolute Gasteiger partial charge is 0.442 e. The van der Waals surface area contributed by atoms with Gasteiger partial charge in [-0.15, -0.1) is 0 Å². The first-order chi connectivity index (χ1) is 9.35. The Morgan fingerprint density at radius 3 is 2.05 bits per heavy atom. The number of aliphatic hydroxyl groups excluding tert-OH is 1. The minimum atomic E-state index is -2.10. The molecule has 0 aliphatic rings. The normalized spacial score (nSPS) is 12.3. The first kappa shape index (κ1) is 17.6. The number of hydrogen-bond acceptors (Lipinski definition) is 5. The van der Waals surface area contributed by atoms with Gasteiger partial charge in [-0.1, -0.05) is 30.3 Å². The summed E-state index contributed by atoms with van der Waals surface area (Å²) in [7, 11) is 0. The van der Waals surface area contributed by atoms with E-state index in [1.165, 1.54) is 12.1 Å². The number of carbonyl (C=O) groups excluding carboxylic acids is 2. The Hall–Kier alpha value is -2.42. The van der Waals surface area contributed by atoms with Crippen molar-refractivity contribution < 1.29 is 33.3 Å². The number of nitrogens with two attached hydrogens (primary N) is 2. The van der Waals surface area contributed by atoms with Crippen molar-refractivity contribution in [3.63, 3.8) is 0 Å². The van der Waals surface area contributed by atoms with E-state index in [-0.39, 0.29) is 5.56 Å². The third-order valence-electron chi connectivity index (χ3n) is 2.06. The van der Waals surface area contributed by atoms with Gasteiger partial charge in [0.05, 0.1) is 6.61 Å². The fraction of sp³-hybridized carbons (Fsp3) is 0.273. The van der Waals surface area contributed by atoms with Crippen molar-refractivity contribution in [2.75, 3.05) is 13.2 Å². The first-order valence-electron chi connectivity index (χ1n) is 5.21. The van der Waals surface area contributed by atoms with E-state index in [2.05, 4.69) is 15.4 Å². The van der Waals surface area contributed by atoms with Gasteiger partial charge in [0.25, 0.3) is 0 Å². The highest BCUT2D eigenvalue weighted by Crippen LogP contribution is 2.25. The summed E-state index contributed by atoms with van der Waals surface area (Å²) in [4.78, 5) is 21.7. The Bertz CT molecular complexity index is 432. The van der Waals surface area contributed by atoms with Crippen LogP contribution in [0.5, 0.6) is 0 Å². The summed E-state index contributed by atoms with van der Waals surface area (Å²) >= 11 is 0. The van der Waals surface area contributed by atoms with Crippen LogP contribution in [0.3, 0.4) is 0 Å². The number of halogens is 2. The van der Waals surface area contributed by atoms with Gasteiger partial charge in [-0.2, -0.15) is 0 Å². The van der Waals surface area contributed by atoms with Crippen LogP contribution in [0.25, 0.3) is 0 Å². The maximum Gasteiger partial charge on any atom is 0.442 e. The molecule has 0 saturated carbocycles. The van der Waals surface area contributed by atoms with E-state index in [1.807, 2.05) is 0 Å². The third-order valence-corrected chi connectivity index (χ3v) is 2.06. The molecule has 112 valence electrons. The summed E-state index contributed by atoms with van der Waals surface area (Å²) in [5.74, 6) is 0. The zero-order valence-corrected chi connectivity index (χ0v) is 10.3. The summed E-state index contributed by atoms with van der Waals surface area (Å²) in [5.41, 5.74) is 6.92. The number of benzene rings is 1. The fourth-order valence-electron chi connectivity index (χ4n) is 1.14. The number of hydrogen-bond donors (Lipinski definition) is 3. The lowest BCUT2D eigenvalue weighted by Crippen LogP contribution is -2.33. The van der Waals surface area contributed by atoms with Crippen molar-refractivity contribution in [2.24, 2.45) is 11.5 Å². The van der Waals surface area contributed by atoms with Gasteiger partial charge in [-0.05, 0) is 5.56 Å². The molecule has 1 aromatic carbocycles. The van der Waals surface area contributed by atoms with Gasteiger partial charge in [0, 0.05) is 4.53 Å². The van der Waals surface area contributed by atoms with Crippen molar-refractivity contribution in [1.82, 2.24) is 0 Å². The second kappa shape index (κ2) is 8.64. The SMILES string of the molecule is NC(=O)OCC(F)(CO)c1ccccc1.NC(=O)OF. The average Bonchev–Trinajstić information content (AvgIpc) is 2.46. The van der Waals surface area contributed by atoms with Gasteiger partial charge in [0.1, 0.15) is 6.61 Å². The monoisotopic (exact) mass is 292 g/mol. The van der Waals surface area contributed by atoms with E-state index < -0.39 is 31.1 Å². The van der Waals surface area contributed by atoms with Crippen LogP contribution >= 0.6 is 0 Å². The predicted octanol–water partition coefficient (Wildman–Crippen LogP) is 0.905. The second-order valence-corrected chi connectivity index (χ2v) is 3.49. The molecule has 0 radical (unpaired) electrons. The summed E-state index contributed by atoms with van der Waals surface area (Å²) < 4.78 is 28.5. The molecule has 5 N–H and O–H groups in total. The lowest BCUT2D eigenvalue weighted by Gasteiger charge is -2.22. The molecule has 0 aliphatic carbocycles. The van der Waals surface area contributed by atoms with Crippen LogP contribution in [-0.4, -0.2) is 30.5 Å². The van der Waals surface area contributed by atoms with Gasteiger partial charge < -0.3 is 21.3 Å². The Labute approximate surface area is 113 Å². The lowest BCUT2D eigenvalue weighted by molar-refractivity contribution is -0.0572. The number of aliphatic hydroxyl groups is 1. The van der Waals surface area contributed by atoms with Crippen molar-refractivity contribution in [3.8, 4) is 0 Å².